The molecule has 2 aliphatic rings. The molecular formula is C15H14FNOS2. The molecule has 0 bridgehead atoms. The van der Waals surface area contributed by atoms with Gasteiger partial charge in [-0.2, -0.15) is 0 Å². The molecule has 5 heteroatoms. The quantitative estimate of drug-likeness (QED) is 0.609. The van der Waals surface area contributed by atoms with E-state index >= 15 is 0 Å². The Kier molecular flexibility index (Phi) is 3.89. The number of nitrogens with zero attached hydrogens (tertiary/aromatic N) is 1. The summed E-state index contributed by atoms with van der Waals surface area (Å²) in [7, 11) is 0. The van der Waals surface area contributed by atoms with Gasteiger partial charge in [0.1, 0.15) is 10.1 Å². The third-order valence-corrected chi connectivity index (χ3v) is 4.99. The minimum absolute atomic E-state index is 0.0313. The molecule has 1 amide bonds. The maximum atomic E-state index is 13.2. The second-order valence-corrected chi connectivity index (χ2v) is 6.72. The fourth-order valence-corrected chi connectivity index (χ4v) is 4.11. The van der Waals surface area contributed by atoms with Gasteiger partial charge in [0.15, 0.2) is 0 Å². The van der Waals surface area contributed by atoms with Crippen molar-refractivity contribution in [3.63, 3.8) is 0 Å². The molecule has 0 N–H and O–H groups in total. The number of rotatable bonds is 2. The molecule has 0 spiro atoms. The average molecular weight is 307 g/mol. The van der Waals surface area contributed by atoms with E-state index in [9.17, 15) is 9.18 Å². The Morgan fingerprint density at radius 3 is 2.80 bits per heavy atom. The monoisotopic (exact) mass is 307 g/mol. The molecular weight excluding hydrogens is 293 g/mol. The van der Waals surface area contributed by atoms with Crippen LogP contribution in [0.25, 0.3) is 6.08 Å². The number of hydrogen-bond acceptors (Lipinski definition) is 3. The molecule has 2 fully saturated rings. The summed E-state index contributed by atoms with van der Waals surface area (Å²) in [5.41, 5.74) is 0.692. The summed E-state index contributed by atoms with van der Waals surface area (Å²) in [4.78, 5) is 14.8. The molecule has 2 nitrogen and oxygen atoms in total. The van der Waals surface area contributed by atoms with Crippen LogP contribution >= 0.6 is 24.0 Å². The number of halogens is 1. The van der Waals surface area contributed by atoms with E-state index in [1.54, 1.807) is 23.1 Å². The average Bonchev–Trinajstić information content (AvgIpc) is 2.99. The van der Waals surface area contributed by atoms with Crippen LogP contribution in [0.3, 0.4) is 0 Å². The van der Waals surface area contributed by atoms with Crippen molar-refractivity contribution in [3.05, 3.63) is 40.6 Å². The summed E-state index contributed by atoms with van der Waals surface area (Å²) in [5, 5.41) is 0. The van der Waals surface area contributed by atoms with Crippen molar-refractivity contribution >= 4 is 40.3 Å². The Morgan fingerprint density at radius 1 is 1.35 bits per heavy atom. The minimum Gasteiger partial charge on any atom is -0.290 e. The Bertz CT molecular complexity index is 593. The summed E-state index contributed by atoms with van der Waals surface area (Å²) in [6, 6.07) is 6.48. The van der Waals surface area contributed by atoms with Gasteiger partial charge in [-0.25, -0.2) is 4.39 Å². The van der Waals surface area contributed by atoms with Crippen molar-refractivity contribution in [1.82, 2.24) is 4.90 Å². The van der Waals surface area contributed by atoms with Gasteiger partial charge in [-0.3, -0.25) is 9.69 Å². The molecule has 0 atom stereocenters. The zero-order valence-electron chi connectivity index (χ0n) is 10.8. The lowest BCUT2D eigenvalue weighted by atomic mass is 10.2. The molecule has 0 aromatic heterocycles. The molecule has 1 saturated heterocycles. The highest BCUT2D eigenvalue weighted by atomic mass is 32.2. The van der Waals surface area contributed by atoms with Gasteiger partial charge < -0.3 is 0 Å². The first-order valence-corrected chi connectivity index (χ1v) is 7.90. The van der Waals surface area contributed by atoms with E-state index < -0.39 is 0 Å². The van der Waals surface area contributed by atoms with Gasteiger partial charge >= 0.3 is 0 Å². The van der Waals surface area contributed by atoms with E-state index in [4.69, 9.17) is 12.2 Å². The largest absolute Gasteiger partial charge is 0.290 e. The molecule has 20 heavy (non-hydrogen) atoms. The maximum Gasteiger partial charge on any atom is 0.266 e. The number of benzene rings is 1. The SMILES string of the molecule is O=C1/C(=C\c2cccc(F)c2)SC(=S)N1C1CCCC1. The molecule has 1 aromatic carbocycles. The van der Waals surface area contributed by atoms with Crippen molar-refractivity contribution < 1.29 is 9.18 Å². The van der Waals surface area contributed by atoms with Gasteiger partial charge in [0.2, 0.25) is 0 Å². The lowest BCUT2D eigenvalue weighted by Gasteiger charge is -2.21. The van der Waals surface area contributed by atoms with E-state index in [1.165, 1.54) is 23.9 Å². The fraction of sp³-hybridized carbons (Fsp3) is 0.333. The second kappa shape index (κ2) is 5.66. The third-order valence-electron chi connectivity index (χ3n) is 3.66. The molecule has 0 unspecified atom stereocenters. The number of hydrogen-bond donors (Lipinski definition) is 0. The van der Waals surface area contributed by atoms with Crippen LogP contribution in [-0.4, -0.2) is 21.2 Å². The van der Waals surface area contributed by atoms with Crippen LogP contribution in [-0.2, 0) is 4.79 Å². The number of carbonyl (C=O) groups is 1. The Labute approximate surface area is 127 Å². The lowest BCUT2D eigenvalue weighted by Crippen LogP contribution is -2.36. The number of amides is 1. The van der Waals surface area contributed by atoms with Crippen molar-refractivity contribution in [1.29, 1.82) is 0 Å². The maximum absolute atomic E-state index is 13.2. The first-order valence-electron chi connectivity index (χ1n) is 6.68. The highest BCUT2D eigenvalue weighted by molar-refractivity contribution is 8.26. The zero-order chi connectivity index (χ0) is 14.1. The fourth-order valence-electron chi connectivity index (χ4n) is 2.70. The summed E-state index contributed by atoms with van der Waals surface area (Å²) in [6.45, 7) is 0. The van der Waals surface area contributed by atoms with E-state index in [0.717, 1.165) is 25.7 Å². The minimum atomic E-state index is -0.301. The highest BCUT2D eigenvalue weighted by Crippen LogP contribution is 2.37. The highest BCUT2D eigenvalue weighted by Gasteiger charge is 2.37. The van der Waals surface area contributed by atoms with Crippen molar-refractivity contribution in [2.75, 3.05) is 0 Å². The van der Waals surface area contributed by atoms with Crippen LogP contribution in [0.1, 0.15) is 31.2 Å². The van der Waals surface area contributed by atoms with Crippen LogP contribution in [0.5, 0.6) is 0 Å². The zero-order valence-corrected chi connectivity index (χ0v) is 12.5. The predicted octanol–water partition coefficient (Wildman–Crippen LogP) is 3.97. The van der Waals surface area contributed by atoms with Crippen LogP contribution in [0.2, 0.25) is 0 Å². The molecule has 1 aliphatic heterocycles. The molecule has 1 heterocycles. The number of carbonyl (C=O) groups excluding carboxylic acids is 1. The lowest BCUT2D eigenvalue weighted by molar-refractivity contribution is -0.123. The van der Waals surface area contributed by atoms with E-state index in [2.05, 4.69) is 0 Å². The molecule has 1 saturated carbocycles. The van der Waals surface area contributed by atoms with E-state index in [1.807, 2.05) is 0 Å². The Morgan fingerprint density at radius 2 is 2.10 bits per heavy atom. The van der Waals surface area contributed by atoms with Gasteiger partial charge in [-0.1, -0.05) is 49.0 Å². The molecule has 0 radical (unpaired) electrons. The van der Waals surface area contributed by atoms with Gasteiger partial charge in [0.25, 0.3) is 5.91 Å². The van der Waals surface area contributed by atoms with Crippen molar-refractivity contribution in [3.8, 4) is 0 Å². The first-order chi connectivity index (χ1) is 9.65. The summed E-state index contributed by atoms with van der Waals surface area (Å²) in [6.07, 6.45) is 6.09. The van der Waals surface area contributed by atoms with Crippen LogP contribution in [0, 0.1) is 5.82 Å². The standard InChI is InChI=1S/C15H14FNOS2/c16-11-5-3-4-10(8-11)9-13-14(18)17(15(19)20-13)12-6-1-2-7-12/h3-5,8-9,12H,1-2,6-7H2/b13-9+. The molecule has 1 aliphatic carbocycles. The van der Waals surface area contributed by atoms with Crippen LogP contribution in [0.15, 0.2) is 29.2 Å². The van der Waals surface area contributed by atoms with Gasteiger partial charge in [0, 0.05) is 6.04 Å². The topological polar surface area (TPSA) is 20.3 Å². The summed E-state index contributed by atoms with van der Waals surface area (Å²) >= 11 is 6.64. The van der Waals surface area contributed by atoms with Gasteiger partial charge in [0.05, 0.1) is 4.91 Å². The summed E-state index contributed by atoms with van der Waals surface area (Å²) in [5.74, 6) is -0.332. The van der Waals surface area contributed by atoms with Crippen LogP contribution in [0.4, 0.5) is 4.39 Å². The Hall–Kier alpha value is -1.20. The normalized spacial score (nSPS) is 22.2. The van der Waals surface area contributed by atoms with Gasteiger partial charge in [-0.15, -0.1) is 0 Å². The third kappa shape index (κ3) is 2.65. The number of thioether (sulfide) groups is 1. The molecule has 104 valence electrons. The summed E-state index contributed by atoms with van der Waals surface area (Å²) < 4.78 is 13.8. The molecule has 3 rings (SSSR count). The number of thiocarbonyl (C=S) groups is 1. The van der Waals surface area contributed by atoms with E-state index in [-0.39, 0.29) is 17.8 Å². The molecule has 1 aromatic rings. The van der Waals surface area contributed by atoms with Crippen molar-refractivity contribution in [2.24, 2.45) is 0 Å². The predicted molar refractivity (Wildman–Crippen MR) is 83.7 cm³/mol. The van der Waals surface area contributed by atoms with E-state index in [0.29, 0.717) is 14.8 Å². The smallest absolute Gasteiger partial charge is 0.266 e. The second-order valence-electron chi connectivity index (χ2n) is 5.04. The Balaban J connectivity index is 1.85. The van der Waals surface area contributed by atoms with Crippen molar-refractivity contribution in [2.45, 2.75) is 31.7 Å². The van der Waals surface area contributed by atoms with Crippen LogP contribution < -0.4 is 0 Å². The van der Waals surface area contributed by atoms with Gasteiger partial charge in [-0.05, 0) is 36.6 Å². The first kappa shape index (κ1) is 13.8.